The zero-order valence-electron chi connectivity index (χ0n) is 10.8. The molecule has 1 aliphatic rings. The van der Waals surface area contributed by atoms with Crippen molar-refractivity contribution in [1.29, 1.82) is 0 Å². The number of nitrogens with one attached hydrogen (secondary N) is 1. The molecule has 0 spiro atoms. The molecule has 1 heterocycles. The Labute approximate surface area is 112 Å². The Balaban J connectivity index is 2.21. The minimum Gasteiger partial charge on any atom is -0.495 e. The maximum Gasteiger partial charge on any atom is 0.137 e. The topological polar surface area (TPSA) is 24.5 Å². The molecule has 0 amide bonds. The van der Waals surface area contributed by atoms with Gasteiger partial charge >= 0.3 is 0 Å². The van der Waals surface area contributed by atoms with Crippen LogP contribution in [0.15, 0.2) is 17.0 Å². The Kier molecular flexibility index (Phi) is 4.86. The summed E-state index contributed by atoms with van der Waals surface area (Å²) in [5.74, 6) is 0.618. The zero-order chi connectivity index (χ0) is 13.0. The third-order valence-corrected chi connectivity index (χ3v) is 3.87. The van der Waals surface area contributed by atoms with Crippen molar-refractivity contribution in [1.82, 2.24) is 10.2 Å². The quantitative estimate of drug-likeness (QED) is 0.845. The lowest BCUT2D eigenvalue weighted by atomic mass is 10.1. The predicted molar refractivity (Wildman–Crippen MR) is 72.9 cm³/mol. The molecule has 1 aliphatic heterocycles. The molecule has 0 bridgehead atoms. The van der Waals surface area contributed by atoms with Crippen LogP contribution in [0.25, 0.3) is 0 Å². The van der Waals surface area contributed by atoms with Crippen molar-refractivity contribution >= 4 is 11.8 Å². The van der Waals surface area contributed by atoms with Crippen molar-refractivity contribution in [3.05, 3.63) is 23.5 Å². The van der Waals surface area contributed by atoms with E-state index in [1.54, 1.807) is 13.2 Å². The zero-order valence-corrected chi connectivity index (χ0v) is 11.6. The Morgan fingerprint density at radius 1 is 1.39 bits per heavy atom. The first-order valence-corrected chi connectivity index (χ1v) is 7.30. The van der Waals surface area contributed by atoms with Gasteiger partial charge in [0.1, 0.15) is 11.6 Å². The van der Waals surface area contributed by atoms with E-state index in [0.29, 0.717) is 0 Å². The van der Waals surface area contributed by atoms with E-state index in [2.05, 4.69) is 10.2 Å². The summed E-state index contributed by atoms with van der Waals surface area (Å²) in [7, 11) is 1.65. The molecule has 0 saturated carbocycles. The van der Waals surface area contributed by atoms with Crippen molar-refractivity contribution in [2.75, 3.05) is 39.5 Å². The summed E-state index contributed by atoms with van der Waals surface area (Å²) in [4.78, 5) is 3.18. The number of halogens is 1. The molecule has 1 aromatic rings. The standard InChI is InChI=1S/C13H19FN2OS/c1-17-13-10(7-11(14)8-12(13)18-2)9-16-5-3-15-4-6-16/h7-8,15H,3-6,9H2,1-2H3. The van der Waals surface area contributed by atoms with Crippen LogP contribution in [0.3, 0.4) is 0 Å². The molecule has 1 aromatic carbocycles. The first kappa shape index (κ1) is 13.6. The van der Waals surface area contributed by atoms with Crippen molar-refractivity contribution in [3.8, 4) is 5.75 Å². The Morgan fingerprint density at radius 3 is 2.72 bits per heavy atom. The maximum atomic E-state index is 13.6. The van der Waals surface area contributed by atoms with Gasteiger partial charge in [-0.2, -0.15) is 0 Å². The summed E-state index contributed by atoms with van der Waals surface area (Å²) in [6.07, 6.45) is 1.94. The minimum absolute atomic E-state index is 0.190. The second kappa shape index (κ2) is 6.41. The van der Waals surface area contributed by atoms with Gasteiger partial charge in [0.25, 0.3) is 0 Å². The number of benzene rings is 1. The van der Waals surface area contributed by atoms with E-state index >= 15 is 0 Å². The monoisotopic (exact) mass is 270 g/mol. The molecule has 1 saturated heterocycles. The second-order valence-corrected chi connectivity index (χ2v) is 5.17. The average Bonchev–Trinajstić information content (AvgIpc) is 2.39. The van der Waals surface area contributed by atoms with Gasteiger partial charge in [-0.1, -0.05) is 0 Å². The van der Waals surface area contributed by atoms with Gasteiger partial charge in [0.15, 0.2) is 0 Å². The fraction of sp³-hybridized carbons (Fsp3) is 0.538. The van der Waals surface area contributed by atoms with Gasteiger partial charge in [0.2, 0.25) is 0 Å². The van der Waals surface area contributed by atoms with Gasteiger partial charge in [-0.25, -0.2) is 4.39 Å². The van der Waals surface area contributed by atoms with Crippen LogP contribution in [0, 0.1) is 5.82 Å². The summed E-state index contributed by atoms with van der Waals surface area (Å²) in [5.41, 5.74) is 0.934. The summed E-state index contributed by atoms with van der Waals surface area (Å²) in [6, 6.07) is 3.12. The van der Waals surface area contributed by atoms with Crippen LogP contribution in [-0.4, -0.2) is 44.4 Å². The van der Waals surface area contributed by atoms with E-state index in [4.69, 9.17) is 4.74 Å². The number of methoxy groups -OCH3 is 1. The van der Waals surface area contributed by atoms with E-state index in [-0.39, 0.29) is 5.82 Å². The number of rotatable bonds is 4. The van der Waals surface area contributed by atoms with Crippen LogP contribution in [0.5, 0.6) is 5.75 Å². The summed E-state index contributed by atoms with van der Waals surface area (Å²) in [5, 5.41) is 3.31. The number of ether oxygens (including phenoxy) is 1. The highest BCUT2D eigenvalue weighted by atomic mass is 32.2. The van der Waals surface area contributed by atoms with Crippen LogP contribution >= 0.6 is 11.8 Å². The largest absolute Gasteiger partial charge is 0.495 e. The highest BCUT2D eigenvalue weighted by molar-refractivity contribution is 7.98. The lowest BCUT2D eigenvalue weighted by Crippen LogP contribution is -2.42. The van der Waals surface area contributed by atoms with E-state index in [1.807, 2.05) is 6.26 Å². The normalized spacial score (nSPS) is 16.8. The molecule has 100 valence electrons. The molecule has 0 radical (unpaired) electrons. The molecule has 18 heavy (non-hydrogen) atoms. The van der Waals surface area contributed by atoms with Gasteiger partial charge < -0.3 is 10.1 Å². The molecule has 5 heteroatoms. The van der Waals surface area contributed by atoms with Crippen molar-refractivity contribution < 1.29 is 9.13 Å². The third-order valence-electron chi connectivity index (χ3n) is 3.12. The molecule has 0 aliphatic carbocycles. The highest BCUT2D eigenvalue weighted by Gasteiger charge is 2.16. The highest BCUT2D eigenvalue weighted by Crippen LogP contribution is 2.33. The van der Waals surface area contributed by atoms with Crippen LogP contribution < -0.4 is 10.1 Å². The van der Waals surface area contributed by atoms with Gasteiger partial charge in [-0.05, 0) is 18.4 Å². The van der Waals surface area contributed by atoms with Crippen LogP contribution in [0.4, 0.5) is 4.39 Å². The van der Waals surface area contributed by atoms with Crippen LogP contribution in [0.2, 0.25) is 0 Å². The lowest BCUT2D eigenvalue weighted by molar-refractivity contribution is 0.229. The Bertz CT molecular complexity index is 408. The van der Waals surface area contributed by atoms with Gasteiger partial charge in [-0.15, -0.1) is 11.8 Å². The molecule has 0 unspecified atom stereocenters. The van der Waals surface area contributed by atoms with Crippen molar-refractivity contribution in [2.45, 2.75) is 11.4 Å². The molecule has 1 N–H and O–H groups in total. The Hall–Kier alpha value is -0.780. The molecule has 1 fully saturated rings. The average molecular weight is 270 g/mol. The van der Waals surface area contributed by atoms with Crippen molar-refractivity contribution in [3.63, 3.8) is 0 Å². The van der Waals surface area contributed by atoms with E-state index in [9.17, 15) is 4.39 Å². The number of hydrogen-bond acceptors (Lipinski definition) is 4. The van der Waals surface area contributed by atoms with Gasteiger partial charge in [0.05, 0.1) is 12.0 Å². The fourth-order valence-electron chi connectivity index (χ4n) is 2.23. The van der Waals surface area contributed by atoms with Crippen LogP contribution in [0.1, 0.15) is 5.56 Å². The van der Waals surface area contributed by atoms with Crippen LogP contribution in [-0.2, 0) is 6.54 Å². The first-order chi connectivity index (χ1) is 8.74. The van der Waals surface area contributed by atoms with Gasteiger partial charge in [0, 0.05) is 38.3 Å². The number of hydrogen-bond donors (Lipinski definition) is 1. The third kappa shape index (κ3) is 3.16. The number of piperazine rings is 1. The van der Waals surface area contributed by atoms with E-state index in [1.165, 1.54) is 17.8 Å². The fourth-order valence-corrected chi connectivity index (χ4v) is 2.86. The minimum atomic E-state index is -0.190. The Morgan fingerprint density at radius 2 is 2.11 bits per heavy atom. The first-order valence-electron chi connectivity index (χ1n) is 6.08. The molecule has 2 rings (SSSR count). The number of thioether (sulfide) groups is 1. The predicted octanol–water partition coefficient (Wildman–Crippen LogP) is 1.96. The molecule has 0 atom stereocenters. The van der Waals surface area contributed by atoms with E-state index < -0.39 is 0 Å². The summed E-state index contributed by atoms with van der Waals surface area (Å²) in [6.45, 7) is 4.72. The maximum absolute atomic E-state index is 13.6. The second-order valence-electron chi connectivity index (χ2n) is 4.33. The van der Waals surface area contributed by atoms with E-state index in [0.717, 1.165) is 48.9 Å². The summed E-state index contributed by atoms with van der Waals surface area (Å²) < 4.78 is 19.0. The molecular formula is C13H19FN2OS. The SMILES string of the molecule is COc1c(CN2CCNCC2)cc(F)cc1SC. The van der Waals surface area contributed by atoms with Gasteiger partial charge in [-0.3, -0.25) is 4.90 Å². The lowest BCUT2D eigenvalue weighted by Gasteiger charge is -2.28. The molecular weight excluding hydrogens is 251 g/mol. The number of nitrogens with zero attached hydrogens (tertiary/aromatic N) is 1. The smallest absolute Gasteiger partial charge is 0.137 e. The molecule has 3 nitrogen and oxygen atoms in total. The molecule has 0 aromatic heterocycles. The summed E-state index contributed by atoms with van der Waals surface area (Å²) >= 11 is 1.51. The van der Waals surface area contributed by atoms with Crippen molar-refractivity contribution in [2.24, 2.45) is 0 Å².